The number of urea groups is 1. The number of rotatable bonds is 4. The summed E-state index contributed by atoms with van der Waals surface area (Å²) in [6, 6.07) is 9.38. The van der Waals surface area contributed by atoms with Crippen LogP contribution in [-0.2, 0) is 9.53 Å². The molecule has 0 spiro atoms. The first-order valence-electron chi connectivity index (χ1n) is 8.70. The van der Waals surface area contributed by atoms with Crippen molar-refractivity contribution in [2.45, 2.75) is 0 Å². The minimum Gasteiger partial charge on any atom is -0.486 e. The molecule has 3 amide bonds. The molecule has 3 heterocycles. The second kappa shape index (κ2) is 7.89. The van der Waals surface area contributed by atoms with Gasteiger partial charge in [-0.05, 0) is 24.3 Å². The van der Waals surface area contributed by atoms with Gasteiger partial charge in [0, 0.05) is 24.1 Å². The number of amides is 3. The number of imidazole rings is 1. The Bertz CT molecular complexity index is 1060. The summed E-state index contributed by atoms with van der Waals surface area (Å²) in [5.74, 6) is -0.466. The van der Waals surface area contributed by atoms with Crippen LogP contribution in [0.1, 0.15) is 10.5 Å². The molecule has 29 heavy (non-hydrogen) atoms. The summed E-state index contributed by atoms with van der Waals surface area (Å²) in [7, 11) is 0. The fraction of sp³-hybridized carbons (Fsp3) is 0.158. The van der Waals surface area contributed by atoms with E-state index in [4.69, 9.17) is 14.2 Å². The average Bonchev–Trinajstić information content (AvgIpc) is 3.16. The number of nitrogens with zero attached hydrogens (tertiary/aromatic N) is 2. The number of esters is 1. The van der Waals surface area contributed by atoms with Crippen LogP contribution in [0.15, 0.2) is 48.8 Å². The quantitative estimate of drug-likeness (QED) is 0.643. The van der Waals surface area contributed by atoms with Crippen LogP contribution in [0.4, 0.5) is 10.5 Å². The van der Waals surface area contributed by atoms with Crippen LogP contribution in [-0.4, -0.2) is 47.1 Å². The standard InChI is InChI=1S/C19H16N4O6/c24-17(11-29-18(25)13-10-23-6-2-1-3-16(23)21-13)22-19(26)20-12-4-5-14-15(9-12)28-8-7-27-14/h1-6,9-10H,7-8,11H2,(H2,20,22,24,26). The molecule has 0 saturated carbocycles. The van der Waals surface area contributed by atoms with Gasteiger partial charge in [-0.25, -0.2) is 14.6 Å². The Balaban J connectivity index is 1.28. The minimum atomic E-state index is -0.780. The number of pyridine rings is 1. The molecule has 0 radical (unpaired) electrons. The molecule has 1 aliphatic rings. The van der Waals surface area contributed by atoms with Crippen LogP contribution in [0.2, 0.25) is 0 Å². The predicted molar refractivity (Wildman–Crippen MR) is 100 cm³/mol. The number of aromatic nitrogens is 2. The van der Waals surface area contributed by atoms with Crippen LogP contribution in [0.25, 0.3) is 5.65 Å². The maximum atomic E-state index is 12.0. The van der Waals surface area contributed by atoms with Crippen molar-refractivity contribution in [3.8, 4) is 11.5 Å². The lowest BCUT2D eigenvalue weighted by molar-refractivity contribution is -0.123. The van der Waals surface area contributed by atoms with Crippen molar-refractivity contribution >= 4 is 29.2 Å². The molecule has 0 unspecified atom stereocenters. The number of imide groups is 1. The number of hydrogen-bond acceptors (Lipinski definition) is 7. The highest BCUT2D eigenvalue weighted by Crippen LogP contribution is 2.32. The summed E-state index contributed by atoms with van der Waals surface area (Å²) < 4.78 is 17.4. The Labute approximate surface area is 164 Å². The highest BCUT2D eigenvalue weighted by atomic mass is 16.6. The largest absolute Gasteiger partial charge is 0.486 e. The average molecular weight is 396 g/mol. The van der Waals surface area contributed by atoms with E-state index in [2.05, 4.69) is 15.6 Å². The van der Waals surface area contributed by atoms with Crippen molar-refractivity contribution in [2.75, 3.05) is 25.1 Å². The Hall–Kier alpha value is -4.08. The number of nitrogens with one attached hydrogen (secondary N) is 2. The molecule has 3 aromatic rings. The van der Waals surface area contributed by atoms with Crippen LogP contribution in [0.5, 0.6) is 11.5 Å². The van der Waals surface area contributed by atoms with Gasteiger partial charge in [-0.15, -0.1) is 0 Å². The summed E-state index contributed by atoms with van der Waals surface area (Å²) >= 11 is 0. The normalized spacial score (nSPS) is 12.3. The molecule has 1 aliphatic heterocycles. The van der Waals surface area contributed by atoms with Gasteiger partial charge in [0.05, 0.1) is 0 Å². The van der Waals surface area contributed by atoms with Crippen molar-refractivity contribution in [3.63, 3.8) is 0 Å². The third-order valence-corrected chi connectivity index (χ3v) is 3.96. The van der Waals surface area contributed by atoms with E-state index in [0.717, 1.165) is 0 Å². The molecule has 0 atom stereocenters. The monoisotopic (exact) mass is 396 g/mol. The summed E-state index contributed by atoms with van der Waals surface area (Å²) in [6.45, 7) is 0.252. The van der Waals surface area contributed by atoms with Crippen LogP contribution < -0.4 is 20.1 Å². The zero-order chi connectivity index (χ0) is 20.2. The van der Waals surface area contributed by atoms with E-state index in [-0.39, 0.29) is 5.69 Å². The number of ether oxygens (including phenoxy) is 3. The fourth-order valence-corrected chi connectivity index (χ4v) is 2.68. The van der Waals surface area contributed by atoms with Gasteiger partial charge in [-0.3, -0.25) is 10.1 Å². The first-order chi connectivity index (χ1) is 14.1. The number of carbonyl (C=O) groups is 3. The molecule has 2 aromatic heterocycles. The molecule has 0 fully saturated rings. The molecule has 4 rings (SSSR count). The van der Waals surface area contributed by atoms with Gasteiger partial charge in [-0.1, -0.05) is 6.07 Å². The van der Waals surface area contributed by atoms with Crippen molar-refractivity contribution in [1.82, 2.24) is 14.7 Å². The summed E-state index contributed by atoms with van der Waals surface area (Å²) in [6.07, 6.45) is 3.22. The van der Waals surface area contributed by atoms with E-state index in [1.54, 1.807) is 47.0 Å². The van der Waals surface area contributed by atoms with Gasteiger partial charge in [0.25, 0.3) is 5.91 Å². The Morgan fingerprint density at radius 3 is 2.76 bits per heavy atom. The van der Waals surface area contributed by atoms with Crippen LogP contribution in [0.3, 0.4) is 0 Å². The smallest absolute Gasteiger partial charge is 0.359 e. The second-order valence-electron chi connectivity index (χ2n) is 6.03. The molecule has 0 saturated heterocycles. The van der Waals surface area contributed by atoms with Gasteiger partial charge in [0.1, 0.15) is 18.9 Å². The number of fused-ring (bicyclic) bond motifs is 2. The third kappa shape index (κ3) is 4.26. The topological polar surface area (TPSA) is 120 Å². The van der Waals surface area contributed by atoms with Gasteiger partial charge >= 0.3 is 12.0 Å². The molecular formula is C19H16N4O6. The lowest BCUT2D eigenvalue weighted by atomic mass is 10.2. The highest BCUT2D eigenvalue weighted by molar-refractivity contribution is 6.02. The van der Waals surface area contributed by atoms with E-state index in [1.807, 2.05) is 0 Å². The van der Waals surface area contributed by atoms with Gasteiger partial charge in [0.15, 0.2) is 23.8 Å². The lowest BCUT2D eigenvalue weighted by Gasteiger charge is -2.19. The molecule has 1 aromatic carbocycles. The number of anilines is 1. The summed E-state index contributed by atoms with van der Waals surface area (Å²) in [5, 5.41) is 4.58. The first-order valence-corrected chi connectivity index (χ1v) is 8.70. The Kier molecular flexibility index (Phi) is 4.97. The molecular weight excluding hydrogens is 380 g/mol. The molecule has 148 valence electrons. The van der Waals surface area contributed by atoms with Gasteiger partial charge in [0.2, 0.25) is 0 Å². The number of carbonyl (C=O) groups excluding carboxylic acids is 3. The first kappa shape index (κ1) is 18.3. The number of hydrogen-bond donors (Lipinski definition) is 2. The highest BCUT2D eigenvalue weighted by Gasteiger charge is 2.16. The Morgan fingerprint density at radius 2 is 1.93 bits per heavy atom. The van der Waals surface area contributed by atoms with E-state index in [9.17, 15) is 14.4 Å². The zero-order valence-corrected chi connectivity index (χ0v) is 15.1. The maximum absolute atomic E-state index is 12.0. The van der Waals surface area contributed by atoms with E-state index >= 15 is 0 Å². The lowest BCUT2D eigenvalue weighted by Crippen LogP contribution is -2.37. The minimum absolute atomic E-state index is 0.0599. The van der Waals surface area contributed by atoms with Crippen LogP contribution in [0, 0.1) is 0 Å². The van der Waals surface area contributed by atoms with Crippen molar-refractivity contribution in [2.24, 2.45) is 0 Å². The van der Waals surface area contributed by atoms with Gasteiger partial charge < -0.3 is 23.9 Å². The molecule has 0 bridgehead atoms. The second-order valence-corrected chi connectivity index (χ2v) is 6.03. The van der Waals surface area contributed by atoms with Crippen molar-refractivity contribution < 1.29 is 28.6 Å². The third-order valence-electron chi connectivity index (χ3n) is 3.96. The molecule has 10 nitrogen and oxygen atoms in total. The molecule has 0 aliphatic carbocycles. The van der Waals surface area contributed by atoms with E-state index in [1.165, 1.54) is 6.20 Å². The molecule has 10 heteroatoms. The van der Waals surface area contributed by atoms with E-state index < -0.39 is 24.5 Å². The molecule has 2 N–H and O–H groups in total. The van der Waals surface area contributed by atoms with E-state index in [0.29, 0.717) is 36.0 Å². The fourth-order valence-electron chi connectivity index (χ4n) is 2.68. The SMILES string of the molecule is O=C(COC(=O)c1cn2ccccc2n1)NC(=O)Nc1ccc2c(c1)OCCO2. The maximum Gasteiger partial charge on any atom is 0.359 e. The Morgan fingerprint density at radius 1 is 1.10 bits per heavy atom. The van der Waals surface area contributed by atoms with Crippen molar-refractivity contribution in [3.05, 3.63) is 54.5 Å². The van der Waals surface area contributed by atoms with Crippen molar-refractivity contribution in [1.29, 1.82) is 0 Å². The zero-order valence-electron chi connectivity index (χ0n) is 15.1. The van der Waals surface area contributed by atoms with Gasteiger partial charge in [-0.2, -0.15) is 0 Å². The summed E-state index contributed by atoms with van der Waals surface area (Å²) in [5.41, 5.74) is 1.05. The van der Waals surface area contributed by atoms with Crippen LogP contribution >= 0.6 is 0 Å². The summed E-state index contributed by atoms with van der Waals surface area (Å²) in [4.78, 5) is 39.9. The predicted octanol–water partition coefficient (Wildman–Crippen LogP) is 1.61. The number of benzene rings is 1.